The van der Waals surface area contributed by atoms with E-state index in [1.54, 1.807) is 12.1 Å². The lowest BCUT2D eigenvalue weighted by Crippen LogP contribution is -2.40. The summed E-state index contributed by atoms with van der Waals surface area (Å²) in [4.78, 5) is 6.50. The van der Waals surface area contributed by atoms with Crippen LogP contribution in [0.2, 0.25) is 0 Å². The monoisotopic (exact) mass is 326 g/mol. The second-order valence-electron chi connectivity index (χ2n) is 5.21. The molecule has 1 aliphatic rings. The summed E-state index contributed by atoms with van der Waals surface area (Å²) < 4.78 is 32.4. The topological polar surface area (TPSA) is 83.0 Å². The van der Waals surface area contributed by atoms with Crippen LogP contribution in [0.4, 0.5) is 5.69 Å². The van der Waals surface area contributed by atoms with Crippen molar-refractivity contribution < 1.29 is 13.2 Å². The predicted octanol–water partition coefficient (Wildman–Crippen LogP) is 1.10. The highest BCUT2D eigenvalue weighted by Gasteiger charge is 2.26. The van der Waals surface area contributed by atoms with E-state index in [-0.39, 0.29) is 10.9 Å². The summed E-state index contributed by atoms with van der Waals surface area (Å²) in [7, 11) is 0.355. The maximum absolute atomic E-state index is 12.3. The summed E-state index contributed by atoms with van der Waals surface area (Å²) in [5.74, 6) is 0.787. The van der Waals surface area contributed by atoms with Crippen molar-refractivity contribution in [3.8, 4) is 5.75 Å². The molecular weight excluding hydrogens is 304 g/mol. The average Bonchev–Trinajstić information content (AvgIpc) is 2.44. The fourth-order valence-electron chi connectivity index (χ4n) is 2.07. The van der Waals surface area contributed by atoms with E-state index >= 15 is 0 Å². The fourth-order valence-corrected chi connectivity index (χ4v) is 3.23. The Kier molecular flexibility index (Phi) is 5.25. The van der Waals surface area contributed by atoms with E-state index in [1.165, 1.54) is 6.07 Å². The molecule has 2 rings (SSSR count). The van der Waals surface area contributed by atoms with E-state index in [0.717, 1.165) is 13.0 Å². The van der Waals surface area contributed by atoms with E-state index in [4.69, 9.17) is 4.74 Å². The smallest absolute Gasteiger partial charge is 0.266 e. The number of aliphatic imine (C=N–C) groups is 1. The van der Waals surface area contributed by atoms with Crippen LogP contribution in [0.25, 0.3) is 0 Å². The second-order valence-corrected chi connectivity index (χ2v) is 6.86. The number of hydrogen-bond donors (Lipinski definition) is 2. The molecule has 0 fully saturated rings. The summed E-state index contributed by atoms with van der Waals surface area (Å²) in [6.45, 7) is 3.79. The summed E-state index contributed by atoms with van der Waals surface area (Å²) in [5.41, 5.74) is 0.508. The molecule has 122 valence electrons. The van der Waals surface area contributed by atoms with Gasteiger partial charge in [-0.15, -0.1) is 0 Å². The van der Waals surface area contributed by atoms with E-state index in [2.05, 4.69) is 19.9 Å². The third-order valence-corrected chi connectivity index (χ3v) is 4.45. The number of rotatable bonds is 6. The molecule has 7 nitrogen and oxygen atoms in total. The molecule has 0 aliphatic carbocycles. The van der Waals surface area contributed by atoms with E-state index in [9.17, 15) is 8.42 Å². The highest BCUT2D eigenvalue weighted by atomic mass is 32.2. The SMILES string of the molecule is CCOc1ccc2c(c1)S(=O)(=O)NC(=NCCCN(C)C)N2. The van der Waals surface area contributed by atoms with Gasteiger partial charge in [0.05, 0.1) is 12.3 Å². The van der Waals surface area contributed by atoms with Crippen LogP contribution in [0, 0.1) is 0 Å². The summed E-state index contributed by atoms with van der Waals surface area (Å²) in [5, 5.41) is 3.00. The van der Waals surface area contributed by atoms with Crippen molar-refractivity contribution in [2.24, 2.45) is 4.99 Å². The molecule has 22 heavy (non-hydrogen) atoms. The Labute approximate surface area is 131 Å². The molecule has 0 saturated carbocycles. The normalized spacial score (nSPS) is 17.7. The average molecular weight is 326 g/mol. The van der Waals surface area contributed by atoms with Crippen molar-refractivity contribution in [2.45, 2.75) is 18.2 Å². The van der Waals surface area contributed by atoms with Crippen molar-refractivity contribution in [3.05, 3.63) is 18.2 Å². The quantitative estimate of drug-likeness (QED) is 0.765. The van der Waals surface area contributed by atoms with Gasteiger partial charge >= 0.3 is 0 Å². The second kappa shape index (κ2) is 6.97. The van der Waals surface area contributed by atoms with Gasteiger partial charge in [0.1, 0.15) is 10.6 Å². The van der Waals surface area contributed by atoms with Crippen molar-refractivity contribution >= 4 is 21.7 Å². The first-order valence-corrected chi connectivity index (χ1v) is 8.66. The molecule has 0 spiro atoms. The van der Waals surface area contributed by atoms with Crippen LogP contribution in [0.5, 0.6) is 5.75 Å². The Balaban J connectivity index is 2.15. The summed E-state index contributed by atoms with van der Waals surface area (Å²) in [6.07, 6.45) is 0.857. The van der Waals surface area contributed by atoms with E-state index < -0.39 is 10.0 Å². The first kappa shape index (κ1) is 16.6. The maximum atomic E-state index is 12.3. The molecule has 0 radical (unpaired) electrons. The molecule has 0 bridgehead atoms. The third-order valence-electron chi connectivity index (χ3n) is 3.07. The largest absolute Gasteiger partial charge is 0.494 e. The molecule has 8 heteroatoms. The van der Waals surface area contributed by atoms with Gasteiger partial charge < -0.3 is 15.0 Å². The van der Waals surface area contributed by atoms with E-state index in [0.29, 0.717) is 24.6 Å². The Morgan fingerprint density at radius 1 is 1.32 bits per heavy atom. The predicted molar refractivity (Wildman–Crippen MR) is 87.0 cm³/mol. The number of hydrogen-bond acceptors (Lipinski definition) is 5. The molecule has 0 amide bonds. The molecule has 1 heterocycles. The summed E-state index contributed by atoms with van der Waals surface area (Å²) in [6, 6.07) is 4.94. The van der Waals surface area contributed by atoms with Gasteiger partial charge in [-0.05, 0) is 46.1 Å². The molecule has 0 aromatic heterocycles. The van der Waals surface area contributed by atoms with Gasteiger partial charge in [0.15, 0.2) is 0 Å². The molecule has 0 saturated heterocycles. The lowest BCUT2D eigenvalue weighted by atomic mass is 10.3. The van der Waals surface area contributed by atoms with Crippen LogP contribution in [0.1, 0.15) is 13.3 Å². The Morgan fingerprint density at radius 3 is 2.77 bits per heavy atom. The number of fused-ring (bicyclic) bond motifs is 1. The maximum Gasteiger partial charge on any atom is 0.266 e. The van der Waals surface area contributed by atoms with Crippen LogP contribution in [0.3, 0.4) is 0 Å². The zero-order valence-corrected chi connectivity index (χ0v) is 13.9. The molecule has 2 N–H and O–H groups in total. The van der Waals surface area contributed by atoms with Gasteiger partial charge in [-0.2, -0.15) is 0 Å². The van der Waals surface area contributed by atoms with Crippen LogP contribution < -0.4 is 14.8 Å². The number of benzene rings is 1. The molecule has 0 atom stereocenters. The van der Waals surface area contributed by atoms with Gasteiger partial charge in [-0.1, -0.05) is 0 Å². The van der Waals surface area contributed by atoms with Gasteiger partial charge in [0.2, 0.25) is 5.96 Å². The van der Waals surface area contributed by atoms with Gasteiger partial charge in [0, 0.05) is 12.6 Å². The lowest BCUT2D eigenvalue weighted by Gasteiger charge is -2.22. The minimum atomic E-state index is -3.62. The van der Waals surface area contributed by atoms with Gasteiger partial charge in [-0.3, -0.25) is 4.99 Å². The minimum Gasteiger partial charge on any atom is -0.494 e. The number of nitrogens with one attached hydrogen (secondary N) is 2. The number of sulfonamides is 1. The van der Waals surface area contributed by atoms with Crippen LogP contribution in [0.15, 0.2) is 28.1 Å². The van der Waals surface area contributed by atoms with Crippen molar-refractivity contribution in [1.29, 1.82) is 0 Å². The Hall–Kier alpha value is -1.80. The fraction of sp³-hybridized carbons (Fsp3) is 0.500. The highest BCUT2D eigenvalue weighted by Crippen LogP contribution is 2.28. The Bertz CT molecular complexity index is 656. The minimum absolute atomic E-state index is 0.172. The van der Waals surface area contributed by atoms with Gasteiger partial charge in [0.25, 0.3) is 10.0 Å². The molecule has 1 aromatic rings. The van der Waals surface area contributed by atoms with E-state index in [1.807, 2.05) is 21.0 Å². The van der Waals surface area contributed by atoms with Crippen LogP contribution in [-0.2, 0) is 10.0 Å². The Morgan fingerprint density at radius 2 is 2.09 bits per heavy atom. The summed E-state index contributed by atoms with van der Waals surface area (Å²) >= 11 is 0. The third kappa shape index (κ3) is 4.11. The number of nitrogens with zero attached hydrogens (tertiary/aromatic N) is 2. The van der Waals surface area contributed by atoms with Crippen molar-refractivity contribution in [2.75, 3.05) is 39.1 Å². The molecule has 0 unspecified atom stereocenters. The van der Waals surface area contributed by atoms with Gasteiger partial charge in [-0.25, -0.2) is 13.1 Å². The first-order valence-electron chi connectivity index (χ1n) is 7.18. The van der Waals surface area contributed by atoms with Crippen LogP contribution >= 0.6 is 0 Å². The van der Waals surface area contributed by atoms with Crippen molar-refractivity contribution in [3.63, 3.8) is 0 Å². The molecule has 1 aliphatic heterocycles. The first-order chi connectivity index (χ1) is 10.4. The zero-order valence-electron chi connectivity index (χ0n) is 13.1. The highest BCUT2D eigenvalue weighted by molar-refractivity contribution is 7.90. The van der Waals surface area contributed by atoms with Crippen LogP contribution in [-0.4, -0.2) is 53.1 Å². The number of guanidine groups is 1. The number of ether oxygens (including phenoxy) is 1. The molecular formula is C14H22N4O3S. The molecule has 1 aromatic carbocycles. The standard InChI is InChI=1S/C14H22N4O3S/c1-4-21-11-6-7-12-13(10-11)22(19,20)17-14(16-12)15-8-5-9-18(2)3/h6-7,10H,4-5,8-9H2,1-3H3,(H2,15,16,17). The number of anilines is 1. The van der Waals surface area contributed by atoms with Crippen molar-refractivity contribution in [1.82, 2.24) is 9.62 Å². The zero-order chi connectivity index (χ0) is 16.2. The lowest BCUT2D eigenvalue weighted by molar-refractivity contribution is 0.339.